The summed E-state index contributed by atoms with van der Waals surface area (Å²) >= 11 is 0. The summed E-state index contributed by atoms with van der Waals surface area (Å²) < 4.78 is 14.5. The van der Waals surface area contributed by atoms with Crippen molar-refractivity contribution in [2.24, 2.45) is 11.1 Å². The number of cyclic esters (lactones) is 1. The van der Waals surface area contributed by atoms with Crippen LogP contribution in [-0.4, -0.2) is 120 Å². The summed E-state index contributed by atoms with van der Waals surface area (Å²) in [7, 11) is 1.75. The second kappa shape index (κ2) is 15.6. The molecule has 4 aliphatic heterocycles. The van der Waals surface area contributed by atoms with E-state index in [1.165, 1.54) is 40.4 Å². The highest BCUT2D eigenvalue weighted by molar-refractivity contribution is 5.95. The number of esters is 1. The molecule has 2 saturated heterocycles. The number of rotatable bonds is 6. The van der Waals surface area contributed by atoms with Crippen molar-refractivity contribution in [3.63, 3.8) is 0 Å². The molecule has 1 amide bonds. The molecule has 1 aliphatic carbocycles. The maximum absolute atomic E-state index is 13.6. The average Bonchev–Trinajstić information content (AvgIpc) is 4.02. The van der Waals surface area contributed by atoms with Gasteiger partial charge >= 0.3 is 5.97 Å². The molecule has 296 valence electrons. The van der Waals surface area contributed by atoms with Gasteiger partial charge < -0.3 is 24.7 Å². The van der Waals surface area contributed by atoms with Crippen molar-refractivity contribution in [2.45, 2.75) is 97.0 Å². The van der Waals surface area contributed by atoms with Crippen LogP contribution in [0.25, 0.3) is 27.7 Å². The molecule has 55 heavy (non-hydrogen) atoms. The number of anilines is 1. The molecule has 3 fully saturated rings. The van der Waals surface area contributed by atoms with Crippen LogP contribution in [0.15, 0.2) is 36.5 Å². The van der Waals surface area contributed by atoms with E-state index in [4.69, 9.17) is 20.2 Å². The van der Waals surface area contributed by atoms with Gasteiger partial charge in [0, 0.05) is 93.9 Å². The van der Waals surface area contributed by atoms with Crippen molar-refractivity contribution in [1.82, 2.24) is 29.8 Å². The van der Waals surface area contributed by atoms with Crippen molar-refractivity contribution in [3.8, 4) is 11.3 Å². The topological polar surface area (TPSA) is 121 Å². The molecular formula is C43H60N8O4. The van der Waals surface area contributed by atoms with Crippen LogP contribution in [-0.2, 0) is 32.0 Å². The molecule has 3 aromatic rings. The predicted molar refractivity (Wildman–Crippen MR) is 216 cm³/mol. The zero-order valence-electron chi connectivity index (χ0n) is 33.5. The van der Waals surface area contributed by atoms with E-state index in [-0.39, 0.29) is 24.6 Å². The predicted octanol–water partition coefficient (Wildman–Crippen LogP) is 4.75. The first-order valence-electron chi connectivity index (χ1n) is 20.6. The fraction of sp³-hybridized carbons (Fsp3) is 0.605. The lowest BCUT2D eigenvalue weighted by atomic mass is 9.84. The molecule has 5 aliphatic rings. The Morgan fingerprint density at radius 3 is 2.62 bits per heavy atom. The molecule has 2 aromatic heterocycles. The summed E-state index contributed by atoms with van der Waals surface area (Å²) in [6.45, 7) is 16.3. The van der Waals surface area contributed by atoms with E-state index in [1.807, 2.05) is 6.20 Å². The second-order valence-electron chi connectivity index (χ2n) is 17.2. The number of carbonyl (C=O) groups excluding carboxylic acids is 2. The molecule has 1 unspecified atom stereocenters. The second-order valence-corrected chi connectivity index (χ2v) is 17.2. The van der Waals surface area contributed by atoms with Gasteiger partial charge in [-0.15, -0.1) is 0 Å². The zero-order chi connectivity index (χ0) is 38.4. The lowest BCUT2D eigenvalue weighted by molar-refractivity contribution is -0.155. The number of hydrogen-bond donors (Lipinski definition) is 2. The van der Waals surface area contributed by atoms with Crippen LogP contribution >= 0.6 is 0 Å². The number of ether oxygens (including phenoxy) is 2. The van der Waals surface area contributed by atoms with Gasteiger partial charge in [-0.2, -0.15) is 0 Å². The molecule has 12 nitrogen and oxygen atoms in total. The van der Waals surface area contributed by atoms with Gasteiger partial charge in [0.1, 0.15) is 6.04 Å². The molecule has 6 bridgehead atoms. The minimum absolute atomic E-state index is 0.184. The molecule has 3 N–H and O–H groups in total. The molecule has 1 saturated carbocycles. The zero-order valence-corrected chi connectivity index (χ0v) is 33.5. The number of amides is 1. The van der Waals surface area contributed by atoms with Gasteiger partial charge in [0.05, 0.1) is 42.0 Å². The van der Waals surface area contributed by atoms with E-state index in [2.05, 4.69) is 82.7 Å². The summed E-state index contributed by atoms with van der Waals surface area (Å²) in [6.07, 6.45) is 9.70. The number of nitrogens with one attached hydrogen (secondary N) is 1. The number of nitrogens with two attached hydrogens (primary N) is 1. The van der Waals surface area contributed by atoms with Crippen LogP contribution in [0.4, 0.5) is 5.69 Å². The Morgan fingerprint density at radius 2 is 1.87 bits per heavy atom. The van der Waals surface area contributed by atoms with E-state index in [0.29, 0.717) is 38.9 Å². The summed E-state index contributed by atoms with van der Waals surface area (Å²) in [5, 5.41) is 2.74. The Bertz CT molecular complexity index is 1940. The minimum atomic E-state index is -0.704. The number of hydrogen-bond acceptors (Lipinski definition) is 10. The third-order valence-corrected chi connectivity index (χ3v) is 12.5. The average molecular weight is 753 g/mol. The molecular weight excluding hydrogens is 693 g/mol. The highest BCUT2D eigenvalue weighted by Gasteiger charge is 2.36. The standard InChI is InChI=1S/C43H60N8O4/c1-6-50-38-14-11-29-21-33(38)35(40(50)34-22-32(24-45-39(34)28(2)54-5)49-19-17-48(18-20-49)31-12-13-31)23-43(3,4)27-55-42(53)37-10-8-16-51(46-37)41(52)36(44)26-47-15-7-9-30(29)25-47/h9,11,14,21-22,24,28,31,36-37,46H,6-8,10,12-13,15-20,23,25-27,44H2,1-5H3/t28-,36-,37-/m0/s1. The van der Waals surface area contributed by atoms with Crippen molar-refractivity contribution in [1.29, 1.82) is 0 Å². The first-order valence-corrected chi connectivity index (χ1v) is 20.6. The number of pyridine rings is 1. The largest absolute Gasteiger partial charge is 0.464 e. The van der Waals surface area contributed by atoms with Crippen molar-refractivity contribution >= 4 is 34.0 Å². The quantitative estimate of drug-likeness (QED) is 0.342. The Hall–Kier alpha value is -3.81. The number of aromatic nitrogens is 2. The molecule has 1 aromatic carbocycles. The minimum Gasteiger partial charge on any atom is -0.464 e. The number of fused-ring (bicyclic) bond motifs is 6. The highest BCUT2D eigenvalue weighted by atomic mass is 16.5. The fourth-order valence-corrected chi connectivity index (χ4v) is 9.23. The molecule has 4 atom stereocenters. The van der Waals surface area contributed by atoms with Gasteiger partial charge in [0.25, 0.3) is 5.91 Å². The Kier molecular flexibility index (Phi) is 10.8. The monoisotopic (exact) mass is 752 g/mol. The number of methoxy groups -OCH3 is 1. The molecule has 6 heterocycles. The smallest absolute Gasteiger partial charge is 0.324 e. The Labute approximate surface area is 325 Å². The van der Waals surface area contributed by atoms with Crippen molar-refractivity contribution in [2.75, 3.05) is 71.0 Å². The highest BCUT2D eigenvalue weighted by Crippen LogP contribution is 2.43. The van der Waals surface area contributed by atoms with Crippen LogP contribution in [0.1, 0.15) is 82.7 Å². The molecule has 8 rings (SSSR count). The van der Waals surface area contributed by atoms with Gasteiger partial charge in [0.15, 0.2) is 0 Å². The van der Waals surface area contributed by atoms with Crippen LogP contribution in [0, 0.1) is 5.41 Å². The van der Waals surface area contributed by atoms with Crippen LogP contribution < -0.4 is 16.1 Å². The van der Waals surface area contributed by atoms with Crippen LogP contribution in [0.2, 0.25) is 0 Å². The maximum atomic E-state index is 13.6. The van der Waals surface area contributed by atoms with Crippen LogP contribution in [0.3, 0.4) is 0 Å². The van der Waals surface area contributed by atoms with E-state index in [0.717, 1.165) is 74.4 Å². The normalized spacial score (nSPS) is 26.1. The first-order chi connectivity index (χ1) is 26.5. The Morgan fingerprint density at radius 1 is 1.07 bits per heavy atom. The fourth-order valence-electron chi connectivity index (χ4n) is 9.23. The molecule has 0 spiro atoms. The summed E-state index contributed by atoms with van der Waals surface area (Å²) in [5.41, 5.74) is 18.5. The number of carbonyl (C=O) groups is 2. The number of aryl methyl sites for hydroxylation is 1. The molecule has 12 heteroatoms. The summed E-state index contributed by atoms with van der Waals surface area (Å²) in [6, 6.07) is 8.71. The van der Waals surface area contributed by atoms with Gasteiger partial charge in [-0.3, -0.25) is 29.4 Å². The summed E-state index contributed by atoms with van der Waals surface area (Å²) in [5.74, 6) is -0.518. The third kappa shape index (κ3) is 7.81. The lowest BCUT2D eigenvalue weighted by Gasteiger charge is -2.36. The Balaban J connectivity index is 1.25. The van der Waals surface area contributed by atoms with E-state index in [9.17, 15) is 9.59 Å². The molecule has 0 radical (unpaired) electrons. The first kappa shape index (κ1) is 38.1. The number of nitrogens with zero attached hydrogens (tertiary/aromatic N) is 6. The number of benzene rings is 1. The van der Waals surface area contributed by atoms with E-state index in [1.54, 1.807) is 12.1 Å². The van der Waals surface area contributed by atoms with Gasteiger partial charge in [-0.1, -0.05) is 26.0 Å². The van der Waals surface area contributed by atoms with Crippen molar-refractivity contribution in [3.05, 3.63) is 53.4 Å². The van der Waals surface area contributed by atoms with Gasteiger partial charge in [0.2, 0.25) is 0 Å². The SMILES string of the molecule is CCn1c(-c2cc(N3CCN(C4CC4)CC3)cnc2[C@H](C)OC)c2c3cc(ccc31)C1=CCCN(C1)C[C@H](N)C(=O)N1CCC[C@H](N1)C(=O)OCC(C)(C)C2. The van der Waals surface area contributed by atoms with Crippen molar-refractivity contribution < 1.29 is 19.1 Å². The van der Waals surface area contributed by atoms with E-state index < -0.39 is 17.5 Å². The summed E-state index contributed by atoms with van der Waals surface area (Å²) in [4.78, 5) is 39.7. The van der Waals surface area contributed by atoms with Crippen LogP contribution in [0.5, 0.6) is 0 Å². The third-order valence-electron chi connectivity index (χ3n) is 12.5. The lowest BCUT2D eigenvalue weighted by Crippen LogP contribution is -2.60. The van der Waals surface area contributed by atoms with E-state index >= 15 is 0 Å². The van der Waals surface area contributed by atoms with Gasteiger partial charge in [-0.05, 0) is 87.3 Å². The van der Waals surface area contributed by atoms with Gasteiger partial charge in [-0.25, -0.2) is 5.43 Å². The number of piperazine rings is 1. The number of hydrazine groups is 1. The maximum Gasteiger partial charge on any atom is 0.324 e.